The van der Waals surface area contributed by atoms with Crippen molar-refractivity contribution in [3.63, 3.8) is 0 Å². The van der Waals surface area contributed by atoms with Crippen molar-refractivity contribution in [1.82, 2.24) is 4.90 Å². The Balaban J connectivity index is 1.76. The van der Waals surface area contributed by atoms with Crippen LogP contribution in [0.4, 0.5) is 0 Å². The largest absolute Gasteiger partial charge is 0.392 e. The average Bonchev–Trinajstić information content (AvgIpc) is 2.81. The molecule has 0 aromatic rings. The number of aliphatic hydroxyl groups is 1. The van der Waals surface area contributed by atoms with E-state index in [1.165, 1.54) is 0 Å². The summed E-state index contributed by atoms with van der Waals surface area (Å²) in [6.07, 6.45) is 1.46. The van der Waals surface area contributed by atoms with Crippen LogP contribution in [0.15, 0.2) is 0 Å². The first kappa shape index (κ1) is 8.48. The monoisotopic (exact) mass is 171 g/mol. The molecule has 0 aromatic carbocycles. The number of aliphatic hydroxyl groups excluding tert-OH is 1. The molecule has 70 valence electrons. The van der Waals surface area contributed by atoms with Gasteiger partial charge in [-0.25, -0.2) is 0 Å². The Bertz CT molecular complexity index is 159. The third-order valence-electron chi connectivity index (χ3n) is 2.87. The molecule has 2 heterocycles. The van der Waals surface area contributed by atoms with Crippen LogP contribution in [0.1, 0.15) is 13.3 Å². The van der Waals surface area contributed by atoms with Gasteiger partial charge in [-0.3, -0.25) is 4.90 Å². The van der Waals surface area contributed by atoms with Gasteiger partial charge in [0, 0.05) is 13.1 Å². The first-order chi connectivity index (χ1) is 5.75. The molecule has 0 spiro atoms. The predicted molar refractivity (Wildman–Crippen MR) is 46.0 cm³/mol. The molecular formula is C9H17NO2. The number of β-amino-alcohol motifs (C(OH)–C–C–N with tert-alkyl or cyclic N) is 1. The first-order valence-electron chi connectivity index (χ1n) is 4.77. The minimum atomic E-state index is -0.127. The lowest BCUT2D eigenvalue weighted by molar-refractivity contribution is 0.0267. The lowest BCUT2D eigenvalue weighted by atomic mass is 9.96. The molecule has 2 unspecified atom stereocenters. The Labute approximate surface area is 73.3 Å². The fraction of sp³-hybridized carbons (Fsp3) is 1.00. The predicted octanol–water partition coefficient (Wildman–Crippen LogP) is 0.0879. The third kappa shape index (κ3) is 1.97. The van der Waals surface area contributed by atoms with Crippen LogP contribution in [0.3, 0.4) is 0 Å². The van der Waals surface area contributed by atoms with E-state index < -0.39 is 0 Å². The zero-order valence-electron chi connectivity index (χ0n) is 7.57. The smallest absolute Gasteiger partial charge is 0.0936 e. The molecule has 0 aromatic heterocycles. The molecule has 0 bridgehead atoms. The van der Waals surface area contributed by atoms with E-state index >= 15 is 0 Å². The molecule has 0 saturated carbocycles. The van der Waals surface area contributed by atoms with Crippen molar-refractivity contribution in [2.75, 3.05) is 26.2 Å². The molecule has 3 nitrogen and oxygen atoms in total. The number of rotatable bonds is 2. The van der Waals surface area contributed by atoms with Crippen molar-refractivity contribution in [3.8, 4) is 0 Å². The molecule has 0 radical (unpaired) electrons. The summed E-state index contributed by atoms with van der Waals surface area (Å²) in [6.45, 7) is 6.01. The molecule has 2 fully saturated rings. The highest BCUT2D eigenvalue weighted by Gasteiger charge is 2.30. The van der Waals surface area contributed by atoms with E-state index in [1.807, 2.05) is 0 Å². The van der Waals surface area contributed by atoms with Crippen LogP contribution < -0.4 is 0 Å². The zero-order valence-corrected chi connectivity index (χ0v) is 7.57. The fourth-order valence-corrected chi connectivity index (χ4v) is 1.74. The second kappa shape index (κ2) is 3.32. The molecule has 2 aliphatic rings. The molecule has 3 atom stereocenters. The van der Waals surface area contributed by atoms with Crippen molar-refractivity contribution in [3.05, 3.63) is 0 Å². The van der Waals surface area contributed by atoms with E-state index in [4.69, 9.17) is 4.74 Å². The zero-order chi connectivity index (χ0) is 8.55. The van der Waals surface area contributed by atoms with Gasteiger partial charge in [-0.05, 0) is 18.9 Å². The summed E-state index contributed by atoms with van der Waals surface area (Å²) < 4.78 is 5.15. The van der Waals surface area contributed by atoms with Crippen molar-refractivity contribution < 1.29 is 9.84 Å². The normalized spacial score (nSPS) is 43.0. The van der Waals surface area contributed by atoms with Crippen molar-refractivity contribution in [1.29, 1.82) is 0 Å². The molecule has 12 heavy (non-hydrogen) atoms. The number of nitrogens with zero attached hydrogens (tertiary/aromatic N) is 1. The van der Waals surface area contributed by atoms with Crippen LogP contribution >= 0.6 is 0 Å². The number of ether oxygens (including phenoxy) is 1. The Morgan fingerprint density at radius 2 is 2.33 bits per heavy atom. The minimum absolute atomic E-state index is 0.127. The van der Waals surface area contributed by atoms with E-state index in [0.29, 0.717) is 12.0 Å². The van der Waals surface area contributed by atoms with Crippen LogP contribution in [0, 0.1) is 5.92 Å². The van der Waals surface area contributed by atoms with Crippen LogP contribution in [0.25, 0.3) is 0 Å². The molecule has 3 heteroatoms. The molecule has 0 amide bonds. The van der Waals surface area contributed by atoms with E-state index in [1.54, 1.807) is 0 Å². The van der Waals surface area contributed by atoms with Gasteiger partial charge in [0.1, 0.15) is 0 Å². The Hall–Kier alpha value is -0.120. The van der Waals surface area contributed by atoms with Gasteiger partial charge in [-0.15, -0.1) is 0 Å². The topological polar surface area (TPSA) is 36.0 Å². The van der Waals surface area contributed by atoms with Crippen molar-refractivity contribution in [2.45, 2.75) is 25.6 Å². The van der Waals surface area contributed by atoms with E-state index in [-0.39, 0.29) is 6.10 Å². The van der Waals surface area contributed by atoms with Crippen LogP contribution in [-0.2, 0) is 4.74 Å². The van der Waals surface area contributed by atoms with Gasteiger partial charge in [0.2, 0.25) is 0 Å². The van der Waals surface area contributed by atoms with Crippen LogP contribution in [0.5, 0.6) is 0 Å². The van der Waals surface area contributed by atoms with E-state index in [9.17, 15) is 5.11 Å². The maximum Gasteiger partial charge on any atom is 0.0936 e. The number of piperidine rings is 1. The first-order valence-corrected chi connectivity index (χ1v) is 4.77. The van der Waals surface area contributed by atoms with Crippen molar-refractivity contribution in [2.24, 2.45) is 5.92 Å². The molecule has 0 aliphatic carbocycles. The van der Waals surface area contributed by atoms with E-state index in [2.05, 4.69) is 11.8 Å². The maximum absolute atomic E-state index is 9.60. The summed E-state index contributed by atoms with van der Waals surface area (Å²) in [5.41, 5.74) is 0. The van der Waals surface area contributed by atoms with Gasteiger partial charge in [-0.1, -0.05) is 6.92 Å². The summed E-state index contributed by atoms with van der Waals surface area (Å²) in [5.74, 6) is 0.473. The third-order valence-corrected chi connectivity index (χ3v) is 2.87. The highest BCUT2D eigenvalue weighted by Crippen LogP contribution is 2.19. The average molecular weight is 171 g/mol. The highest BCUT2D eigenvalue weighted by atomic mass is 16.6. The van der Waals surface area contributed by atoms with Crippen LogP contribution in [-0.4, -0.2) is 48.5 Å². The van der Waals surface area contributed by atoms with Gasteiger partial charge in [0.05, 0.1) is 18.8 Å². The Kier molecular flexibility index (Phi) is 2.35. The second-order valence-corrected chi connectivity index (χ2v) is 4.05. The second-order valence-electron chi connectivity index (χ2n) is 4.05. The molecule has 2 saturated heterocycles. The van der Waals surface area contributed by atoms with Crippen LogP contribution in [0.2, 0.25) is 0 Å². The SMILES string of the molecule is CC1CCN(C[C@H]2CO2)CC1O. The summed E-state index contributed by atoms with van der Waals surface area (Å²) in [5, 5.41) is 9.60. The van der Waals surface area contributed by atoms with E-state index in [0.717, 1.165) is 32.7 Å². The quantitative estimate of drug-likeness (QED) is 0.598. The number of hydrogen-bond acceptors (Lipinski definition) is 3. The van der Waals surface area contributed by atoms with Gasteiger partial charge in [0.25, 0.3) is 0 Å². The summed E-state index contributed by atoms with van der Waals surface area (Å²) in [4.78, 5) is 2.31. The van der Waals surface area contributed by atoms with Gasteiger partial charge in [-0.2, -0.15) is 0 Å². The molecule has 1 N–H and O–H groups in total. The summed E-state index contributed by atoms with van der Waals surface area (Å²) >= 11 is 0. The molecular weight excluding hydrogens is 154 g/mol. The Morgan fingerprint density at radius 3 is 2.92 bits per heavy atom. The lowest BCUT2D eigenvalue weighted by Crippen LogP contribution is -2.44. The number of likely N-dealkylation sites (tertiary alicyclic amines) is 1. The maximum atomic E-state index is 9.60. The van der Waals surface area contributed by atoms with Gasteiger partial charge < -0.3 is 9.84 Å². The van der Waals surface area contributed by atoms with Gasteiger partial charge in [0.15, 0.2) is 0 Å². The minimum Gasteiger partial charge on any atom is -0.392 e. The molecule has 2 rings (SSSR count). The van der Waals surface area contributed by atoms with Gasteiger partial charge >= 0.3 is 0 Å². The number of hydrogen-bond donors (Lipinski definition) is 1. The number of epoxide rings is 1. The lowest BCUT2D eigenvalue weighted by Gasteiger charge is -2.33. The Morgan fingerprint density at radius 1 is 1.58 bits per heavy atom. The fourth-order valence-electron chi connectivity index (χ4n) is 1.74. The molecule has 2 aliphatic heterocycles. The summed E-state index contributed by atoms with van der Waals surface area (Å²) in [6, 6.07) is 0. The summed E-state index contributed by atoms with van der Waals surface area (Å²) in [7, 11) is 0. The standard InChI is InChI=1S/C9H17NO2/c1-7-2-3-10(5-9(7)11)4-8-6-12-8/h7-9,11H,2-6H2,1H3/t7?,8-,9?/m0/s1. The van der Waals surface area contributed by atoms with Crippen molar-refractivity contribution >= 4 is 0 Å². The highest BCUT2D eigenvalue weighted by molar-refractivity contribution is 4.81.